The summed E-state index contributed by atoms with van der Waals surface area (Å²) in [6.07, 6.45) is -2.43. The van der Waals surface area contributed by atoms with Gasteiger partial charge < -0.3 is 19.5 Å². The lowest BCUT2D eigenvalue weighted by atomic mass is 10.1. The van der Waals surface area contributed by atoms with E-state index in [4.69, 9.17) is 39.5 Å². The van der Waals surface area contributed by atoms with E-state index in [9.17, 15) is 31.9 Å². The molecule has 0 saturated carbocycles. The van der Waals surface area contributed by atoms with Gasteiger partial charge in [0.25, 0.3) is 17.9 Å². The third-order valence-electron chi connectivity index (χ3n) is 7.20. The largest absolute Gasteiger partial charge is 0.492 e. The summed E-state index contributed by atoms with van der Waals surface area (Å²) in [5.74, 6) is -2.14. The number of aromatic nitrogens is 1. The van der Waals surface area contributed by atoms with E-state index in [0.29, 0.717) is 18.2 Å². The van der Waals surface area contributed by atoms with E-state index in [0.717, 1.165) is 20.8 Å². The molecule has 3 aromatic rings. The van der Waals surface area contributed by atoms with Crippen molar-refractivity contribution in [2.75, 3.05) is 31.6 Å². The fourth-order valence-corrected chi connectivity index (χ4v) is 6.91. The summed E-state index contributed by atoms with van der Waals surface area (Å²) in [4.78, 5) is 45.1. The number of hydrogen-bond acceptors (Lipinski definition) is 5. The summed E-state index contributed by atoms with van der Waals surface area (Å²) in [7, 11) is 1.18. The van der Waals surface area contributed by atoms with Gasteiger partial charge in [-0.05, 0) is 47.9 Å². The number of halogens is 8. The lowest BCUT2D eigenvalue weighted by Gasteiger charge is -2.36. The highest BCUT2D eigenvalue weighted by Gasteiger charge is 2.38. The number of hydrogen-bond donors (Lipinski definition) is 1. The standard InChI is InChI=1S/C28H22Cl3F5N4O4S/c1-44-23-17(40-7-3-6-38(27(40)43)12-20(32)33)8-13-10-39(11-14(13)22(23)34)26(42)21-18(9-19(28(31,35)36)37-25(21)41)45-24-15(29)4-2-5-16(24)30/h2,4-5,8-9,20H,3,6-7,10-12H2,1H3,(H,37,41). The number of benzene rings is 2. The molecule has 2 aliphatic heterocycles. The molecule has 3 heterocycles. The molecule has 17 heteroatoms. The van der Waals surface area contributed by atoms with Gasteiger partial charge in [-0.3, -0.25) is 14.5 Å². The van der Waals surface area contributed by atoms with Crippen molar-refractivity contribution in [1.29, 1.82) is 0 Å². The molecule has 2 aromatic carbocycles. The number of aromatic amines is 1. The van der Waals surface area contributed by atoms with E-state index in [2.05, 4.69) is 0 Å². The highest BCUT2D eigenvalue weighted by molar-refractivity contribution is 7.99. The van der Waals surface area contributed by atoms with Crippen LogP contribution in [0.3, 0.4) is 0 Å². The number of nitrogens with one attached hydrogen (secondary N) is 1. The molecule has 0 unspecified atom stereocenters. The van der Waals surface area contributed by atoms with Crippen molar-refractivity contribution in [2.24, 2.45) is 0 Å². The van der Waals surface area contributed by atoms with Gasteiger partial charge in [-0.2, -0.15) is 8.78 Å². The van der Waals surface area contributed by atoms with Crippen LogP contribution in [-0.2, 0) is 18.5 Å². The maximum atomic E-state index is 15.8. The molecule has 1 fully saturated rings. The maximum Gasteiger partial charge on any atom is 0.362 e. The number of nitrogens with zero attached hydrogens (tertiary/aromatic N) is 3. The number of carbonyl (C=O) groups excluding carboxylic acids is 2. The lowest BCUT2D eigenvalue weighted by Crippen LogP contribution is -2.51. The number of H-pyrrole nitrogens is 1. The van der Waals surface area contributed by atoms with Gasteiger partial charge in [0.05, 0.1) is 29.4 Å². The number of alkyl halides is 5. The molecular weight excluding hydrogens is 690 g/mol. The summed E-state index contributed by atoms with van der Waals surface area (Å²) in [6, 6.07) is 6.01. The summed E-state index contributed by atoms with van der Waals surface area (Å²) in [5, 5.41) is -3.74. The second kappa shape index (κ2) is 12.9. The van der Waals surface area contributed by atoms with E-state index in [1.807, 2.05) is 4.98 Å². The Morgan fingerprint density at radius 2 is 1.82 bits per heavy atom. The van der Waals surface area contributed by atoms with Crippen molar-refractivity contribution >= 4 is 64.2 Å². The molecule has 1 aromatic heterocycles. The molecule has 5 rings (SSSR count). The van der Waals surface area contributed by atoms with Gasteiger partial charge in [-0.25, -0.2) is 18.0 Å². The lowest BCUT2D eigenvalue weighted by molar-refractivity contribution is 0.0739. The van der Waals surface area contributed by atoms with Crippen LogP contribution in [0, 0.1) is 5.82 Å². The molecule has 0 spiro atoms. The first-order valence-corrected chi connectivity index (χ1v) is 15.1. The van der Waals surface area contributed by atoms with Crippen LogP contribution in [0.25, 0.3) is 0 Å². The molecule has 2 aliphatic rings. The zero-order valence-corrected chi connectivity index (χ0v) is 26.2. The fourth-order valence-electron chi connectivity index (χ4n) is 5.17. The average Bonchev–Trinajstić information content (AvgIpc) is 3.40. The monoisotopic (exact) mass is 710 g/mol. The smallest absolute Gasteiger partial charge is 0.362 e. The third kappa shape index (κ3) is 6.56. The van der Waals surface area contributed by atoms with Crippen LogP contribution in [0.2, 0.25) is 10.0 Å². The summed E-state index contributed by atoms with van der Waals surface area (Å²) >= 11 is 18.4. The van der Waals surface area contributed by atoms with Crippen LogP contribution in [0.5, 0.6) is 5.75 Å². The van der Waals surface area contributed by atoms with Crippen LogP contribution in [0.15, 0.2) is 44.9 Å². The molecule has 3 amide bonds. The molecule has 45 heavy (non-hydrogen) atoms. The Morgan fingerprint density at radius 1 is 1.13 bits per heavy atom. The second-order valence-corrected chi connectivity index (χ2v) is 12.4. The van der Waals surface area contributed by atoms with Crippen LogP contribution >= 0.6 is 46.6 Å². The first kappa shape index (κ1) is 33.2. The Hall–Kier alpha value is -3.20. The number of urea groups is 1. The molecular formula is C28H22Cl3F5N4O4S. The normalized spacial score (nSPS) is 15.2. The Morgan fingerprint density at radius 3 is 2.44 bits per heavy atom. The number of anilines is 1. The van der Waals surface area contributed by atoms with Crippen molar-refractivity contribution in [3.63, 3.8) is 0 Å². The van der Waals surface area contributed by atoms with Gasteiger partial charge in [-0.1, -0.05) is 41.0 Å². The predicted molar refractivity (Wildman–Crippen MR) is 159 cm³/mol. The third-order valence-corrected chi connectivity index (χ3v) is 9.45. The Labute approximate surface area is 272 Å². The van der Waals surface area contributed by atoms with Gasteiger partial charge in [0.2, 0.25) is 0 Å². The molecule has 0 aliphatic carbocycles. The van der Waals surface area contributed by atoms with Gasteiger partial charge in [0.1, 0.15) is 11.3 Å². The quantitative estimate of drug-likeness (QED) is 0.196. The van der Waals surface area contributed by atoms with E-state index in [-0.39, 0.29) is 68.6 Å². The second-order valence-electron chi connectivity index (χ2n) is 10.1. The number of amides is 3. The number of rotatable bonds is 8. The summed E-state index contributed by atoms with van der Waals surface area (Å²) < 4.78 is 75.3. The SMILES string of the molecule is COc1c(N2CCCN(CC(F)F)C2=O)cc2c(c1F)CN(C(=O)c1c(Sc3c(Cl)cccc3Cl)cc(C(F)(F)Cl)[nH]c1=O)C2. The minimum atomic E-state index is -3.99. The molecule has 0 radical (unpaired) electrons. The van der Waals surface area contributed by atoms with Crippen LogP contribution < -0.4 is 15.2 Å². The van der Waals surface area contributed by atoms with Gasteiger partial charge in [-0.15, -0.1) is 0 Å². The maximum absolute atomic E-state index is 15.8. The average molecular weight is 712 g/mol. The van der Waals surface area contributed by atoms with Crippen molar-refractivity contribution in [2.45, 2.75) is 41.1 Å². The number of ether oxygens (including phenoxy) is 1. The van der Waals surface area contributed by atoms with Gasteiger partial charge in [0.15, 0.2) is 11.6 Å². The molecule has 0 atom stereocenters. The number of methoxy groups -OCH3 is 1. The summed E-state index contributed by atoms with van der Waals surface area (Å²) in [5.41, 5.74) is -2.43. The van der Waals surface area contributed by atoms with Crippen molar-refractivity contribution in [1.82, 2.24) is 14.8 Å². The molecule has 0 bridgehead atoms. The first-order valence-electron chi connectivity index (χ1n) is 13.2. The Kier molecular flexibility index (Phi) is 9.50. The topological polar surface area (TPSA) is 85.9 Å². The van der Waals surface area contributed by atoms with E-state index in [1.165, 1.54) is 25.3 Å². The van der Waals surface area contributed by atoms with Crippen molar-refractivity contribution in [3.05, 3.63) is 78.9 Å². The number of pyridine rings is 1. The zero-order chi connectivity index (χ0) is 32.8. The molecule has 240 valence electrons. The molecule has 1 saturated heterocycles. The Bertz CT molecular complexity index is 1720. The number of fused-ring (bicyclic) bond motifs is 1. The van der Waals surface area contributed by atoms with Crippen LogP contribution in [0.1, 0.15) is 33.6 Å². The number of carbonyl (C=O) groups is 2. The van der Waals surface area contributed by atoms with E-state index < -0.39 is 52.9 Å². The summed E-state index contributed by atoms with van der Waals surface area (Å²) in [6.45, 7) is -1.18. The first-order chi connectivity index (χ1) is 21.2. The highest BCUT2D eigenvalue weighted by Crippen LogP contribution is 2.43. The molecule has 8 nitrogen and oxygen atoms in total. The van der Waals surface area contributed by atoms with Crippen LogP contribution in [0.4, 0.5) is 32.4 Å². The van der Waals surface area contributed by atoms with Crippen LogP contribution in [-0.4, -0.2) is 59.9 Å². The fraction of sp³-hybridized carbons (Fsp3) is 0.321. The van der Waals surface area contributed by atoms with Gasteiger partial charge in [0, 0.05) is 41.5 Å². The minimum Gasteiger partial charge on any atom is -0.492 e. The van der Waals surface area contributed by atoms with E-state index in [1.54, 1.807) is 6.07 Å². The zero-order valence-electron chi connectivity index (χ0n) is 23.1. The van der Waals surface area contributed by atoms with Crippen molar-refractivity contribution in [3.8, 4) is 5.75 Å². The highest BCUT2D eigenvalue weighted by atomic mass is 35.5. The van der Waals surface area contributed by atoms with Crippen molar-refractivity contribution < 1.29 is 36.3 Å². The Balaban J connectivity index is 1.52. The molecule has 1 N–H and O–H groups in total. The minimum absolute atomic E-state index is 0.0110. The predicted octanol–water partition coefficient (Wildman–Crippen LogP) is 7.32. The van der Waals surface area contributed by atoms with Gasteiger partial charge >= 0.3 is 11.4 Å². The van der Waals surface area contributed by atoms with E-state index >= 15 is 4.39 Å².